The molecule has 1 aliphatic heterocycles. The van der Waals surface area contributed by atoms with Crippen LogP contribution in [-0.4, -0.2) is 53.8 Å². The van der Waals surface area contributed by atoms with Crippen LogP contribution in [0.15, 0.2) is 60.2 Å². The summed E-state index contributed by atoms with van der Waals surface area (Å²) in [7, 11) is 3.83. The van der Waals surface area contributed by atoms with Crippen molar-refractivity contribution in [1.82, 2.24) is 9.80 Å². The SMILES string of the molecule is CN(C)CCCN1C(=O)C(=O)/C(=C(/O)c2ccccc2)[C@H]1c1ccccc1F. The van der Waals surface area contributed by atoms with E-state index in [1.165, 1.54) is 11.0 Å². The van der Waals surface area contributed by atoms with E-state index in [0.29, 0.717) is 18.5 Å². The van der Waals surface area contributed by atoms with Crippen molar-refractivity contribution in [2.45, 2.75) is 12.5 Å². The van der Waals surface area contributed by atoms with Crippen molar-refractivity contribution in [3.8, 4) is 0 Å². The Morgan fingerprint density at radius 2 is 1.71 bits per heavy atom. The van der Waals surface area contributed by atoms with Crippen molar-refractivity contribution in [3.05, 3.63) is 77.1 Å². The Hall–Kier alpha value is -2.99. The van der Waals surface area contributed by atoms with Crippen molar-refractivity contribution in [2.24, 2.45) is 0 Å². The number of carbonyl (C=O) groups excluding carboxylic acids is 2. The van der Waals surface area contributed by atoms with E-state index in [-0.39, 0.29) is 23.4 Å². The fourth-order valence-corrected chi connectivity index (χ4v) is 3.44. The van der Waals surface area contributed by atoms with Gasteiger partial charge >= 0.3 is 0 Å². The van der Waals surface area contributed by atoms with Crippen LogP contribution in [-0.2, 0) is 9.59 Å². The highest BCUT2D eigenvalue weighted by Gasteiger charge is 2.46. The Bertz CT molecular complexity index is 909. The number of nitrogens with zero attached hydrogens (tertiary/aromatic N) is 2. The maximum absolute atomic E-state index is 14.6. The molecule has 1 amide bonds. The molecule has 1 fully saturated rings. The van der Waals surface area contributed by atoms with Crippen LogP contribution in [0, 0.1) is 5.82 Å². The van der Waals surface area contributed by atoms with E-state index in [1.807, 2.05) is 19.0 Å². The molecule has 0 bridgehead atoms. The molecule has 2 aromatic carbocycles. The molecule has 0 unspecified atom stereocenters. The normalized spacial score (nSPS) is 18.9. The molecular weight excluding hydrogens is 359 g/mol. The lowest BCUT2D eigenvalue weighted by Gasteiger charge is -2.26. The first-order valence-corrected chi connectivity index (χ1v) is 9.14. The van der Waals surface area contributed by atoms with Gasteiger partial charge in [-0.05, 0) is 33.1 Å². The second-order valence-electron chi connectivity index (χ2n) is 7.04. The zero-order valence-electron chi connectivity index (χ0n) is 15.9. The number of aliphatic hydroxyl groups is 1. The van der Waals surface area contributed by atoms with Gasteiger partial charge < -0.3 is 14.9 Å². The lowest BCUT2D eigenvalue weighted by Crippen LogP contribution is -2.32. The lowest BCUT2D eigenvalue weighted by molar-refractivity contribution is -0.140. The summed E-state index contributed by atoms with van der Waals surface area (Å²) >= 11 is 0. The van der Waals surface area contributed by atoms with Gasteiger partial charge in [0.15, 0.2) is 0 Å². The molecule has 1 N–H and O–H groups in total. The number of hydrogen-bond acceptors (Lipinski definition) is 4. The lowest BCUT2D eigenvalue weighted by atomic mass is 9.95. The number of benzene rings is 2. The predicted octanol–water partition coefficient (Wildman–Crippen LogP) is 3.20. The molecular formula is C22H23FN2O3. The van der Waals surface area contributed by atoms with Crippen LogP contribution in [0.3, 0.4) is 0 Å². The molecule has 0 saturated carbocycles. The molecule has 28 heavy (non-hydrogen) atoms. The van der Waals surface area contributed by atoms with Crippen LogP contribution in [0.5, 0.6) is 0 Å². The molecule has 0 spiro atoms. The topological polar surface area (TPSA) is 60.9 Å². The summed E-state index contributed by atoms with van der Waals surface area (Å²) in [4.78, 5) is 28.8. The van der Waals surface area contributed by atoms with Gasteiger partial charge in [0, 0.05) is 17.7 Å². The maximum Gasteiger partial charge on any atom is 0.295 e. The number of ketones is 1. The summed E-state index contributed by atoms with van der Waals surface area (Å²) in [6.45, 7) is 0.999. The average Bonchev–Trinajstić information content (AvgIpc) is 2.93. The molecule has 5 nitrogen and oxygen atoms in total. The number of halogens is 1. The molecule has 1 heterocycles. The molecule has 1 saturated heterocycles. The van der Waals surface area contributed by atoms with Crippen LogP contribution < -0.4 is 0 Å². The van der Waals surface area contributed by atoms with E-state index >= 15 is 0 Å². The average molecular weight is 382 g/mol. The minimum Gasteiger partial charge on any atom is -0.507 e. The highest BCUT2D eigenvalue weighted by atomic mass is 19.1. The summed E-state index contributed by atoms with van der Waals surface area (Å²) in [6, 6.07) is 13.6. The van der Waals surface area contributed by atoms with Gasteiger partial charge in [-0.15, -0.1) is 0 Å². The van der Waals surface area contributed by atoms with Crippen molar-refractivity contribution < 1.29 is 19.1 Å². The largest absolute Gasteiger partial charge is 0.507 e. The fourth-order valence-electron chi connectivity index (χ4n) is 3.44. The standard InChI is InChI=1S/C22H23FN2O3/c1-24(2)13-8-14-25-19(16-11-6-7-12-17(16)23)18(21(27)22(25)28)20(26)15-9-4-3-5-10-15/h3-7,9-12,19,26H,8,13-14H2,1-2H3/b20-18+/t19-/m1/s1. The molecule has 146 valence electrons. The minimum absolute atomic E-state index is 0.0776. The van der Waals surface area contributed by atoms with Gasteiger partial charge in [-0.1, -0.05) is 48.5 Å². The van der Waals surface area contributed by atoms with Crippen LogP contribution >= 0.6 is 0 Å². The summed E-state index contributed by atoms with van der Waals surface area (Å²) in [6.07, 6.45) is 0.621. The first-order valence-electron chi connectivity index (χ1n) is 9.14. The van der Waals surface area contributed by atoms with E-state index in [9.17, 15) is 19.1 Å². The Morgan fingerprint density at radius 1 is 1.07 bits per heavy atom. The third-order valence-corrected chi connectivity index (χ3v) is 4.79. The number of hydrogen-bond donors (Lipinski definition) is 1. The number of carbonyl (C=O) groups is 2. The zero-order valence-corrected chi connectivity index (χ0v) is 15.9. The first-order chi connectivity index (χ1) is 13.4. The minimum atomic E-state index is -0.955. The Labute approximate surface area is 163 Å². The van der Waals surface area contributed by atoms with Gasteiger partial charge in [0.2, 0.25) is 0 Å². The summed E-state index contributed by atoms with van der Waals surface area (Å²) < 4.78 is 14.6. The van der Waals surface area contributed by atoms with Gasteiger partial charge in [-0.3, -0.25) is 9.59 Å². The van der Waals surface area contributed by atoms with Crippen molar-refractivity contribution in [1.29, 1.82) is 0 Å². The van der Waals surface area contributed by atoms with Crippen LogP contribution in [0.4, 0.5) is 4.39 Å². The Balaban J connectivity index is 2.10. The molecule has 0 aromatic heterocycles. The van der Waals surface area contributed by atoms with Crippen LogP contribution in [0.2, 0.25) is 0 Å². The Kier molecular flexibility index (Phi) is 5.90. The zero-order chi connectivity index (χ0) is 20.3. The first kappa shape index (κ1) is 19.8. The smallest absolute Gasteiger partial charge is 0.295 e. The number of likely N-dealkylation sites (tertiary alicyclic amines) is 1. The van der Waals surface area contributed by atoms with Gasteiger partial charge in [0.25, 0.3) is 11.7 Å². The quantitative estimate of drug-likeness (QED) is 0.474. The highest BCUT2D eigenvalue weighted by molar-refractivity contribution is 6.46. The van der Waals surface area contributed by atoms with E-state index in [0.717, 1.165) is 0 Å². The molecule has 3 rings (SSSR count). The van der Waals surface area contributed by atoms with Gasteiger partial charge in [-0.25, -0.2) is 4.39 Å². The predicted molar refractivity (Wildman–Crippen MR) is 105 cm³/mol. The molecule has 1 atom stereocenters. The van der Waals surface area contributed by atoms with Crippen LogP contribution in [0.25, 0.3) is 5.76 Å². The monoisotopic (exact) mass is 382 g/mol. The van der Waals surface area contributed by atoms with E-state index < -0.39 is 23.5 Å². The number of Topliss-reactive ketones (excluding diaryl/α,β-unsaturated/α-hetero) is 1. The van der Waals surface area contributed by atoms with E-state index in [1.54, 1.807) is 48.5 Å². The molecule has 2 aromatic rings. The van der Waals surface area contributed by atoms with Crippen molar-refractivity contribution in [2.75, 3.05) is 27.2 Å². The van der Waals surface area contributed by atoms with Crippen molar-refractivity contribution >= 4 is 17.4 Å². The van der Waals surface area contributed by atoms with Gasteiger partial charge in [-0.2, -0.15) is 0 Å². The summed E-state index contributed by atoms with van der Waals surface area (Å²) in [5, 5.41) is 10.8. The number of amides is 1. The maximum atomic E-state index is 14.6. The summed E-state index contributed by atoms with van der Waals surface area (Å²) in [5.41, 5.74) is 0.533. The third-order valence-electron chi connectivity index (χ3n) is 4.79. The van der Waals surface area contributed by atoms with Gasteiger partial charge in [0.05, 0.1) is 11.6 Å². The molecule has 0 aliphatic carbocycles. The second-order valence-corrected chi connectivity index (χ2v) is 7.04. The number of aliphatic hydroxyl groups excluding tert-OH is 1. The van der Waals surface area contributed by atoms with Crippen LogP contribution in [0.1, 0.15) is 23.6 Å². The fraction of sp³-hybridized carbons (Fsp3) is 0.273. The van der Waals surface area contributed by atoms with Crippen molar-refractivity contribution in [3.63, 3.8) is 0 Å². The Morgan fingerprint density at radius 3 is 2.36 bits per heavy atom. The molecule has 0 radical (unpaired) electrons. The summed E-state index contributed by atoms with van der Waals surface area (Å²) in [5.74, 6) is -2.32. The van der Waals surface area contributed by atoms with E-state index in [2.05, 4.69) is 0 Å². The molecule has 1 aliphatic rings. The third kappa shape index (κ3) is 3.82. The number of rotatable bonds is 6. The molecule has 6 heteroatoms. The van der Waals surface area contributed by atoms with E-state index in [4.69, 9.17) is 0 Å². The highest BCUT2D eigenvalue weighted by Crippen LogP contribution is 2.40. The second kappa shape index (κ2) is 8.35. The van der Waals surface area contributed by atoms with Gasteiger partial charge in [0.1, 0.15) is 11.6 Å².